The molecule has 0 spiro atoms. The minimum atomic E-state index is -0.238. The summed E-state index contributed by atoms with van der Waals surface area (Å²) >= 11 is 1.49. The van der Waals surface area contributed by atoms with E-state index >= 15 is 0 Å². The Labute approximate surface area is 148 Å². The molecular weight excluding hydrogens is 334 g/mol. The van der Waals surface area contributed by atoms with Crippen molar-refractivity contribution in [1.82, 2.24) is 4.98 Å². The van der Waals surface area contributed by atoms with E-state index in [1.807, 2.05) is 43.3 Å². The molecule has 1 atom stereocenters. The summed E-state index contributed by atoms with van der Waals surface area (Å²) < 4.78 is 0. The second kappa shape index (κ2) is 6.22. The number of pyridine rings is 1. The van der Waals surface area contributed by atoms with Crippen molar-refractivity contribution < 1.29 is 9.59 Å². The molecule has 25 heavy (non-hydrogen) atoms. The smallest absolute Gasteiger partial charge is 0.255 e. The van der Waals surface area contributed by atoms with Crippen molar-refractivity contribution >= 4 is 45.9 Å². The zero-order chi connectivity index (χ0) is 17.4. The van der Waals surface area contributed by atoms with Crippen molar-refractivity contribution in [3.05, 3.63) is 60.3 Å². The molecule has 5 nitrogen and oxygen atoms in total. The topological polar surface area (TPSA) is 71.1 Å². The van der Waals surface area contributed by atoms with Gasteiger partial charge in [0.25, 0.3) is 5.91 Å². The van der Waals surface area contributed by atoms with Gasteiger partial charge < -0.3 is 10.6 Å². The second-order valence-electron chi connectivity index (χ2n) is 5.83. The molecule has 0 fully saturated rings. The highest BCUT2D eigenvalue weighted by molar-refractivity contribution is 8.00. The summed E-state index contributed by atoms with van der Waals surface area (Å²) in [6, 6.07) is 14.9. The third kappa shape index (κ3) is 3.08. The van der Waals surface area contributed by atoms with Crippen LogP contribution in [-0.2, 0) is 4.79 Å². The van der Waals surface area contributed by atoms with Crippen molar-refractivity contribution in [3.63, 3.8) is 0 Å². The summed E-state index contributed by atoms with van der Waals surface area (Å²) in [5, 5.41) is 6.53. The van der Waals surface area contributed by atoms with Crippen LogP contribution in [0.3, 0.4) is 0 Å². The Bertz CT molecular complexity index is 1000. The zero-order valence-electron chi connectivity index (χ0n) is 13.4. The van der Waals surface area contributed by atoms with Crippen molar-refractivity contribution in [1.29, 1.82) is 0 Å². The Balaban J connectivity index is 1.58. The molecule has 0 aliphatic carbocycles. The van der Waals surface area contributed by atoms with Crippen LogP contribution in [0.15, 0.2) is 59.6 Å². The molecule has 0 radical (unpaired) electrons. The summed E-state index contributed by atoms with van der Waals surface area (Å²) in [6.45, 7) is 1.86. The predicted octanol–water partition coefficient (Wildman–Crippen LogP) is 3.92. The number of thioether (sulfide) groups is 1. The molecule has 0 saturated carbocycles. The highest BCUT2D eigenvalue weighted by atomic mass is 32.2. The summed E-state index contributed by atoms with van der Waals surface area (Å²) in [7, 11) is 0. The van der Waals surface area contributed by atoms with Gasteiger partial charge in [-0.25, -0.2) is 0 Å². The number of benzene rings is 2. The van der Waals surface area contributed by atoms with Gasteiger partial charge in [-0.3, -0.25) is 14.6 Å². The Morgan fingerprint density at radius 3 is 2.92 bits per heavy atom. The first kappa shape index (κ1) is 15.7. The minimum absolute atomic E-state index is 0.0474. The van der Waals surface area contributed by atoms with Crippen LogP contribution in [0.5, 0.6) is 0 Å². The molecular formula is C19H15N3O2S. The van der Waals surface area contributed by atoms with Crippen LogP contribution in [0, 0.1) is 0 Å². The fourth-order valence-corrected chi connectivity index (χ4v) is 3.62. The molecule has 124 valence electrons. The first-order valence-electron chi connectivity index (χ1n) is 7.88. The predicted molar refractivity (Wildman–Crippen MR) is 100 cm³/mol. The summed E-state index contributed by atoms with van der Waals surface area (Å²) in [5.41, 5.74) is 2.68. The number of fused-ring (bicyclic) bond motifs is 2. The van der Waals surface area contributed by atoms with Crippen LogP contribution in [0.2, 0.25) is 0 Å². The van der Waals surface area contributed by atoms with Gasteiger partial charge in [0, 0.05) is 15.8 Å². The van der Waals surface area contributed by atoms with Crippen molar-refractivity contribution in [2.24, 2.45) is 0 Å². The minimum Gasteiger partial charge on any atom is -0.324 e. The van der Waals surface area contributed by atoms with Crippen molar-refractivity contribution in [2.45, 2.75) is 17.1 Å². The van der Waals surface area contributed by atoms with E-state index in [2.05, 4.69) is 15.6 Å². The molecule has 1 unspecified atom stereocenters. The summed E-state index contributed by atoms with van der Waals surface area (Å²) in [5.74, 6) is -0.286. The van der Waals surface area contributed by atoms with E-state index < -0.39 is 0 Å². The fraction of sp³-hybridized carbons (Fsp3) is 0.105. The van der Waals surface area contributed by atoms with Gasteiger partial charge in [0.2, 0.25) is 5.91 Å². The van der Waals surface area contributed by atoms with Crippen LogP contribution in [0.4, 0.5) is 11.4 Å². The van der Waals surface area contributed by atoms with E-state index in [4.69, 9.17) is 0 Å². The normalized spacial score (nSPS) is 16.2. The van der Waals surface area contributed by atoms with Gasteiger partial charge in [0.1, 0.15) is 0 Å². The van der Waals surface area contributed by atoms with Crippen LogP contribution in [0.25, 0.3) is 10.9 Å². The number of para-hydroxylation sites is 1. The molecule has 1 aliphatic rings. The molecule has 0 bridgehead atoms. The molecule has 2 N–H and O–H groups in total. The maximum atomic E-state index is 12.5. The first-order valence-corrected chi connectivity index (χ1v) is 8.76. The average Bonchev–Trinajstić information content (AvgIpc) is 2.62. The number of hydrogen-bond acceptors (Lipinski definition) is 4. The fourth-order valence-electron chi connectivity index (χ4n) is 2.69. The average molecular weight is 349 g/mol. The van der Waals surface area contributed by atoms with Crippen LogP contribution in [-0.4, -0.2) is 22.0 Å². The number of amides is 2. The molecule has 2 aromatic carbocycles. The van der Waals surface area contributed by atoms with Crippen molar-refractivity contribution in [2.75, 3.05) is 10.6 Å². The SMILES string of the molecule is CC1Sc2ccc(C(=O)Nc3cnc4ccccc4c3)cc2NC1=O. The van der Waals surface area contributed by atoms with E-state index in [0.29, 0.717) is 16.9 Å². The standard InChI is InChI=1S/C19H15N3O2S/c1-11-18(23)22-16-9-13(6-7-17(16)25-11)19(24)21-14-8-12-4-2-3-5-15(12)20-10-14/h2-11H,1H3,(H,21,24)(H,22,23). The zero-order valence-corrected chi connectivity index (χ0v) is 14.3. The number of rotatable bonds is 2. The van der Waals surface area contributed by atoms with Gasteiger partial charge in [0.15, 0.2) is 0 Å². The van der Waals surface area contributed by atoms with Crippen LogP contribution < -0.4 is 10.6 Å². The van der Waals surface area contributed by atoms with Gasteiger partial charge in [0.05, 0.1) is 28.3 Å². The third-order valence-corrected chi connectivity index (χ3v) is 5.20. The van der Waals surface area contributed by atoms with E-state index in [1.165, 1.54) is 11.8 Å². The number of aromatic nitrogens is 1. The molecule has 2 amide bonds. The van der Waals surface area contributed by atoms with Crippen LogP contribution >= 0.6 is 11.8 Å². The van der Waals surface area contributed by atoms with E-state index in [0.717, 1.165) is 15.8 Å². The number of nitrogens with zero attached hydrogens (tertiary/aromatic N) is 1. The van der Waals surface area contributed by atoms with E-state index in [-0.39, 0.29) is 17.1 Å². The lowest BCUT2D eigenvalue weighted by Gasteiger charge is -2.21. The first-order chi connectivity index (χ1) is 12.1. The van der Waals surface area contributed by atoms with E-state index in [1.54, 1.807) is 18.3 Å². The molecule has 6 heteroatoms. The molecule has 4 rings (SSSR count). The largest absolute Gasteiger partial charge is 0.324 e. The van der Waals surface area contributed by atoms with Crippen LogP contribution in [0.1, 0.15) is 17.3 Å². The van der Waals surface area contributed by atoms with Gasteiger partial charge in [-0.2, -0.15) is 0 Å². The molecule has 1 aromatic heterocycles. The third-order valence-electron chi connectivity index (χ3n) is 4.02. The van der Waals surface area contributed by atoms with Gasteiger partial charge in [-0.1, -0.05) is 18.2 Å². The maximum Gasteiger partial charge on any atom is 0.255 e. The highest BCUT2D eigenvalue weighted by Crippen LogP contribution is 2.36. The number of hydrogen-bond donors (Lipinski definition) is 2. The number of anilines is 2. The van der Waals surface area contributed by atoms with Gasteiger partial charge in [-0.05, 0) is 37.3 Å². The molecule has 2 heterocycles. The molecule has 1 aliphatic heterocycles. The van der Waals surface area contributed by atoms with E-state index in [9.17, 15) is 9.59 Å². The Morgan fingerprint density at radius 1 is 1.20 bits per heavy atom. The summed E-state index contributed by atoms with van der Waals surface area (Å²) in [6.07, 6.45) is 1.64. The lowest BCUT2D eigenvalue weighted by atomic mass is 10.1. The monoisotopic (exact) mass is 349 g/mol. The van der Waals surface area contributed by atoms with Gasteiger partial charge in [-0.15, -0.1) is 11.8 Å². The highest BCUT2D eigenvalue weighted by Gasteiger charge is 2.23. The Kier molecular flexibility index (Phi) is 3.89. The molecule has 0 saturated heterocycles. The quantitative estimate of drug-likeness (QED) is 0.736. The Morgan fingerprint density at radius 2 is 2.04 bits per heavy atom. The second-order valence-corrected chi connectivity index (χ2v) is 7.21. The lowest BCUT2D eigenvalue weighted by Crippen LogP contribution is -2.26. The number of carbonyl (C=O) groups excluding carboxylic acids is 2. The Hall–Kier alpha value is -2.86. The summed E-state index contributed by atoms with van der Waals surface area (Å²) in [4.78, 5) is 29.6. The number of nitrogens with one attached hydrogen (secondary N) is 2. The van der Waals surface area contributed by atoms with Crippen molar-refractivity contribution in [3.8, 4) is 0 Å². The number of carbonyl (C=O) groups is 2. The lowest BCUT2D eigenvalue weighted by molar-refractivity contribution is -0.115. The van der Waals surface area contributed by atoms with Gasteiger partial charge >= 0.3 is 0 Å². The maximum absolute atomic E-state index is 12.5. The molecule has 3 aromatic rings.